The first-order valence-electron chi connectivity index (χ1n) is 10.5. The molecule has 0 radical (unpaired) electrons. The van der Waals surface area contributed by atoms with Crippen LogP contribution in [0, 0.1) is 0 Å². The van der Waals surface area contributed by atoms with E-state index in [0.717, 1.165) is 34.3 Å². The van der Waals surface area contributed by atoms with Crippen molar-refractivity contribution in [2.75, 3.05) is 0 Å². The fourth-order valence-electron chi connectivity index (χ4n) is 4.19. The van der Waals surface area contributed by atoms with Gasteiger partial charge in [0.15, 0.2) is 0 Å². The summed E-state index contributed by atoms with van der Waals surface area (Å²) in [5, 5.41) is 1.09. The van der Waals surface area contributed by atoms with Gasteiger partial charge in [0.1, 0.15) is 16.9 Å². The highest BCUT2D eigenvalue weighted by molar-refractivity contribution is 5.87. The Kier molecular flexibility index (Phi) is 5.94. The molecule has 0 N–H and O–H groups in total. The van der Waals surface area contributed by atoms with E-state index in [9.17, 15) is 4.79 Å². The zero-order chi connectivity index (χ0) is 22.1. The second kappa shape index (κ2) is 8.14. The number of aryl methyl sites for hydroxylation is 1. The largest absolute Gasteiger partial charge is 0.456 e. The van der Waals surface area contributed by atoms with Crippen molar-refractivity contribution in [3.8, 4) is 11.3 Å². The lowest BCUT2D eigenvalue weighted by molar-refractivity contribution is -0.153. The number of carbonyl (C=O) groups is 1. The molecule has 0 aliphatic rings. The van der Waals surface area contributed by atoms with Gasteiger partial charge >= 0.3 is 5.97 Å². The summed E-state index contributed by atoms with van der Waals surface area (Å²) in [6.45, 7) is 15.7. The number of hydrogen-bond acceptors (Lipinski definition) is 3. The zero-order valence-corrected chi connectivity index (χ0v) is 19.0. The van der Waals surface area contributed by atoms with Gasteiger partial charge in [0.05, 0.1) is 0 Å². The van der Waals surface area contributed by atoms with E-state index in [1.807, 2.05) is 19.9 Å². The third-order valence-electron chi connectivity index (χ3n) is 5.55. The molecule has 0 spiro atoms. The third kappa shape index (κ3) is 4.67. The van der Waals surface area contributed by atoms with Crippen LogP contribution < -0.4 is 0 Å². The molecule has 0 saturated heterocycles. The molecule has 0 atom stereocenters. The van der Waals surface area contributed by atoms with Crippen LogP contribution in [0.25, 0.3) is 22.3 Å². The molecule has 1 heterocycles. The molecule has 3 heteroatoms. The first kappa shape index (κ1) is 21.9. The molecule has 3 aromatic rings. The minimum absolute atomic E-state index is 0.207. The molecule has 0 bridgehead atoms. The number of esters is 1. The van der Waals surface area contributed by atoms with Crippen molar-refractivity contribution in [1.82, 2.24) is 0 Å². The predicted molar refractivity (Wildman–Crippen MR) is 124 cm³/mol. The average Bonchev–Trinajstić information content (AvgIpc) is 3.09. The zero-order valence-electron chi connectivity index (χ0n) is 19.0. The Bertz CT molecular complexity index is 1080. The van der Waals surface area contributed by atoms with Gasteiger partial charge in [0.25, 0.3) is 0 Å². The van der Waals surface area contributed by atoms with Crippen LogP contribution >= 0.6 is 0 Å². The lowest BCUT2D eigenvalue weighted by Crippen LogP contribution is -2.36. The number of hydrogen-bond donors (Lipinski definition) is 0. The number of ether oxygens (including phenoxy) is 1. The van der Waals surface area contributed by atoms with Gasteiger partial charge in [-0.1, -0.05) is 63.7 Å². The monoisotopic (exact) mass is 404 g/mol. The third-order valence-corrected chi connectivity index (χ3v) is 5.55. The first-order chi connectivity index (χ1) is 14.0. The summed E-state index contributed by atoms with van der Waals surface area (Å²) in [6.07, 6.45) is 1.64. The van der Waals surface area contributed by atoms with Gasteiger partial charge in [-0.2, -0.15) is 0 Å². The lowest BCUT2D eigenvalue weighted by Gasteiger charge is -2.35. The maximum atomic E-state index is 12.0. The SMILES string of the molecule is C=C(C)C(=O)OC(C)(C)CC(C)(C)c1ccc2cc(-c3ccccc3CC)oc2c1. The second-order valence-electron chi connectivity index (χ2n) is 9.36. The Hall–Kier alpha value is -2.81. The van der Waals surface area contributed by atoms with Gasteiger partial charge in [0, 0.05) is 16.5 Å². The van der Waals surface area contributed by atoms with E-state index in [0.29, 0.717) is 12.0 Å². The van der Waals surface area contributed by atoms with E-state index < -0.39 is 5.60 Å². The van der Waals surface area contributed by atoms with Gasteiger partial charge < -0.3 is 9.15 Å². The summed E-state index contributed by atoms with van der Waals surface area (Å²) in [5.41, 5.74) is 4.04. The minimum Gasteiger partial charge on any atom is -0.456 e. The molecular weight excluding hydrogens is 372 g/mol. The van der Waals surface area contributed by atoms with Crippen molar-refractivity contribution < 1.29 is 13.9 Å². The molecule has 0 amide bonds. The summed E-state index contributed by atoms with van der Waals surface area (Å²) in [4.78, 5) is 12.0. The molecule has 3 rings (SSSR count). The van der Waals surface area contributed by atoms with Crippen molar-refractivity contribution in [3.63, 3.8) is 0 Å². The molecule has 0 aliphatic carbocycles. The molecule has 158 valence electrons. The Morgan fingerprint density at radius 2 is 1.77 bits per heavy atom. The van der Waals surface area contributed by atoms with E-state index in [4.69, 9.17) is 9.15 Å². The van der Waals surface area contributed by atoms with E-state index in [2.05, 4.69) is 69.8 Å². The Morgan fingerprint density at radius 1 is 1.07 bits per heavy atom. The Balaban J connectivity index is 1.91. The highest BCUT2D eigenvalue weighted by atomic mass is 16.6. The van der Waals surface area contributed by atoms with Crippen LogP contribution in [0.3, 0.4) is 0 Å². The fourth-order valence-corrected chi connectivity index (χ4v) is 4.19. The second-order valence-corrected chi connectivity index (χ2v) is 9.36. The predicted octanol–water partition coefficient (Wildman–Crippen LogP) is 7.23. The smallest absolute Gasteiger partial charge is 0.333 e. The van der Waals surface area contributed by atoms with Crippen LogP contribution in [-0.4, -0.2) is 11.6 Å². The molecular formula is C27H32O3. The van der Waals surface area contributed by atoms with Gasteiger partial charge in [-0.15, -0.1) is 0 Å². The van der Waals surface area contributed by atoms with Crippen molar-refractivity contribution in [2.45, 2.75) is 65.4 Å². The van der Waals surface area contributed by atoms with Crippen molar-refractivity contribution in [3.05, 3.63) is 71.8 Å². The van der Waals surface area contributed by atoms with E-state index >= 15 is 0 Å². The number of fused-ring (bicyclic) bond motifs is 1. The molecule has 1 aromatic heterocycles. The Morgan fingerprint density at radius 3 is 2.43 bits per heavy atom. The molecule has 2 aromatic carbocycles. The average molecular weight is 405 g/mol. The van der Waals surface area contributed by atoms with E-state index in [1.54, 1.807) is 6.92 Å². The molecule has 3 nitrogen and oxygen atoms in total. The maximum Gasteiger partial charge on any atom is 0.333 e. The molecule has 0 fully saturated rings. The number of benzene rings is 2. The first-order valence-corrected chi connectivity index (χ1v) is 10.5. The van der Waals surface area contributed by atoms with E-state index in [1.165, 1.54) is 5.56 Å². The van der Waals surface area contributed by atoms with Crippen molar-refractivity contribution in [1.29, 1.82) is 0 Å². The van der Waals surface area contributed by atoms with E-state index in [-0.39, 0.29) is 11.4 Å². The number of furan rings is 1. The van der Waals surface area contributed by atoms with Gasteiger partial charge in [-0.25, -0.2) is 4.79 Å². The summed E-state index contributed by atoms with van der Waals surface area (Å²) in [7, 11) is 0. The van der Waals surface area contributed by atoms with Gasteiger partial charge in [-0.05, 0) is 62.3 Å². The van der Waals surface area contributed by atoms with Crippen LogP contribution in [0.5, 0.6) is 0 Å². The topological polar surface area (TPSA) is 39.4 Å². The van der Waals surface area contributed by atoms with Crippen LogP contribution in [-0.2, 0) is 21.4 Å². The number of carbonyl (C=O) groups excluding carboxylic acids is 1. The Labute approximate surface area is 179 Å². The standard InChI is InChI=1S/C27H32O3/c1-8-19-11-9-10-12-22(19)24-15-20-13-14-21(16-23(20)29-24)26(4,5)17-27(6,7)30-25(28)18(2)3/h9-16H,2,8,17H2,1,3-7H3. The van der Waals surface area contributed by atoms with Crippen LogP contribution in [0.15, 0.2) is 65.1 Å². The molecule has 30 heavy (non-hydrogen) atoms. The highest BCUT2D eigenvalue weighted by Crippen LogP contribution is 2.37. The van der Waals surface area contributed by atoms with Crippen LogP contribution in [0.4, 0.5) is 0 Å². The van der Waals surface area contributed by atoms with Crippen molar-refractivity contribution >= 4 is 16.9 Å². The highest BCUT2D eigenvalue weighted by Gasteiger charge is 2.33. The fraction of sp³-hybridized carbons (Fsp3) is 0.370. The minimum atomic E-state index is -0.608. The van der Waals surface area contributed by atoms with Crippen LogP contribution in [0.1, 0.15) is 59.1 Å². The summed E-state index contributed by atoms with van der Waals surface area (Å²) in [5.74, 6) is 0.546. The summed E-state index contributed by atoms with van der Waals surface area (Å²) < 4.78 is 11.9. The maximum absolute atomic E-state index is 12.0. The number of rotatable bonds is 7. The van der Waals surface area contributed by atoms with Crippen molar-refractivity contribution in [2.24, 2.45) is 0 Å². The van der Waals surface area contributed by atoms with Crippen LogP contribution in [0.2, 0.25) is 0 Å². The molecule has 0 aliphatic heterocycles. The molecule has 0 saturated carbocycles. The summed E-state index contributed by atoms with van der Waals surface area (Å²) >= 11 is 0. The quantitative estimate of drug-likeness (QED) is 0.308. The summed E-state index contributed by atoms with van der Waals surface area (Å²) in [6, 6.07) is 16.8. The normalized spacial score (nSPS) is 12.2. The van der Waals surface area contributed by atoms with Gasteiger partial charge in [-0.3, -0.25) is 0 Å². The van der Waals surface area contributed by atoms with Gasteiger partial charge in [0.2, 0.25) is 0 Å². The lowest BCUT2D eigenvalue weighted by atomic mass is 9.76. The molecule has 0 unspecified atom stereocenters.